The molecule has 0 amide bonds. The van der Waals surface area contributed by atoms with Crippen molar-refractivity contribution in [1.29, 1.82) is 0 Å². The van der Waals surface area contributed by atoms with E-state index in [0.717, 1.165) is 18.4 Å². The van der Waals surface area contributed by atoms with Gasteiger partial charge in [0.15, 0.2) is 5.78 Å². The summed E-state index contributed by atoms with van der Waals surface area (Å²) in [6.45, 7) is 12.9. The van der Waals surface area contributed by atoms with Gasteiger partial charge in [0.05, 0.1) is 0 Å². The van der Waals surface area contributed by atoms with Gasteiger partial charge in [0.1, 0.15) is 6.61 Å². The second-order valence-electron chi connectivity index (χ2n) is 8.90. The maximum Gasteiger partial charge on any atom is 0.302 e. The Labute approximate surface area is 152 Å². The van der Waals surface area contributed by atoms with Crippen molar-refractivity contribution in [2.75, 3.05) is 6.61 Å². The average molecular weight is 347 g/mol. The van der Waals surface area contributed by atoms with Crippen molar-refractivity contribution in [3.05, 3.63) is 22.8 Å². The van der Waals surface area contributed by atoms with Crippen LogP contribution in [0.2, 0.25) is 0 Å². The summed E-state index contributed by atoms with van der Waals surface area (Å²) in [5, 5.41) is 0. The van der Waals surface area contributed by atoms with Gasteiger partial charge in [0.25, 0.3) is 0 Å². The van der Waals surface area contributed by atoms with Gasteiger partial charge in [-0.2, -0.15) is 0 Å². The summed E-state index contributed by atoms with van der Waals surface area (Å²) >= 11 is 0. The number of hydrogen-bond donors (Lipinski definition) is 0. The Hall–Kier alpha value is -1.38. The number of carbonyl (C=O) groups is 2. The van der Waals surface area contributed by atoms with E-state index < -0.39 is 0 Å². The number of rotatable bonds is 5. The molecule has 0 aromatic rings. The molecule has 3 nitrogen and oxygen atoms in total. The summed E-state index contributed by atoms with van der Waals surface area (Å²) in [7, 11) is 0. The SMILES string of the molecule is CC(=O)OC/C=C(\C)CCC1=C(C)C(=O)C[C@H]2C(C)(C)CCC[C@]12C. The lowest BCUT2D eigenvalue weighted by molar-refractivity contribution is -0.139. The highest BCUT2D eigenvalue weighted by Gasteiger charge is 2.51. The lowest BCUT2D eigenvalue weighted by Crippen LogP contribution is -2.47. The molecule has 2 aliphatic carbocycles. The van der Waals surface area contributed by atoms with E-state index in [4.69, 9.17) is 4.74 Å². The molecule has 3 heteroatoms. The number of hydrogen-bond acceptors (Lipinski definition) is 3. The molecule has 2 atom stereocenters. The average Bonchev–Trinajstić information content (AvgIpc) is 2.49. The molecule has 0 heterocycles. The van der Waals surface area contributed by atoms with Crippen molar-refractivity contribution in [3.8, 4) is 0 Å². The highest BCUT2D eigenvalue weighted by molar-refractivity contribution is 5.97. The first-order valence-corrected chi connectivity index (χ1v) is 9.60. The zero-order valence-electron chi connectivity index (χ0n) is 16.8. The van der Waals surface area contributed by atoms with E-state index in [2.05, 4.69) is 27.7 Å². The molecule has 0 radical (unpaired) electrons. The Bertz CT molecular complexity index is 609. The van der Waals surface area contributed by atoms with E-state index in [9.17, 15) is 9.59 Å². The van der Waals surface area contributed by atoms with Gasteiger partial charge in [-0.25, -0.2) is 0 Å². The Morgan fingerprint density at radius 1 is 1.24 bits per heavy atom. The predicted molar refractivity (Wildman–Crippen MR) is 101 cm³/mol. The van der Waals surface area contributed by atoms with Gasteiger partial charge in [-0.15, -0.1) is 0 Å². The minimum Gasteiger partial charge on any atom is -0.462 e. The molecule has 0 unspecified atom stereocenters. The second kappa shape index (κ2) is 7.47. The smallest absolute Gasteiger partial charge is 0.302 e. The van der Waals surface area contributed by atoms with Crippen LogP contribution in [-0.2, 0) is 14.3 Å². The Balaban J connectivity index is 2.18. The molecule has 0 N–H and O–H groups in total. The normalized spacial score (nSPS) is 29.4. The van der Waals surface area contributed by atoms with Crippen molar-refractivity contribution in [2.45, 2.75) is 80.1 Å². The minimum atomic E-state index is -0.250. The van der Waals surface area contributed by atoms with Crippen molar-refractivity contribution in [3.63, 3.8) is 0 Å². The van der Waals surface area contributed by atoms with Crippen LogP contribution in [0.5, 0.6) is 0 Å². The molecule has 0 bridgehead atoms. The molecule has 1 saturated carbocycles. The minimum absolute atomic E-state index is 0.149. The fourth-order valence-corrected chi connectivity index (χ4v) is 5.12. The monoisotopic (exact) mass is 346 g/mol. The van der Waals surface area contributed by atoms with Crippen LogP contribution in [0.15, 0.2) is 22.8 Å². The van der Waals surface area contributed by atoms with Gasteiger partial charge >= 0.3 is 5.97 Å². The van der Waals surface area contributed by atoms with E-state index in [1.807, 2.05) is 13.0 Å². The summed E-state index contributed by atoms with van der Waals surface area (Å²) in [5.41, 5.74) is 3.98. The van der Waals surface area contributed by atoms with Gasteiger partial charge in [0.2, 0.25) is 0 Å². The van der Waals surface area contributed by atoms with Gasteiger partial charge < -0.3 is 4.74 Å². The van der Waals surface area contributed by atoms with Gasteiger partial charge in [-0.3, -0.25) is 9.59 Å². The summed E-state index contributed by atoms with van der Waals surface area (Å²) in [4.78, 5) is 23.5. The molecule has 2 rings (SSSR count). The number of esters is 1. The second-order valence-corrected chi connectivity index (χ2v) is 8.90. The maximum absolute atomic E-state index is 12.7. The largest absolute Gasteiger partial charge is 0.462 e. The summed E-state index contributed by atoms with van der Waals surface area (Å²) < 4.78 is 4.99. The van der Waals surface area contributed by atoms with Crippen LogP contribution in [0, 0.1) is 16.7 Å². The van der Waals surface area contributed by atoms with Crippen LogP contribution in [-0.4, -0.2) is 18.4 Å². The first-order chi connectivity index (χ1) is 11.6. The molecule has 0 aromatic carbocycles. The molecule has 140 valence electrons. The molecule has 0 spiro atoms. The molecular weight excluding hydrogens is 312 g/mol. The Morgan fingerprint density at radius 3 is 2.56 bits per heavy atom. The van der Waals surface area contributed by atoms with Crippen LogP contribution in [0.25, 0.3) is 0 Å². The van der Waals surface area contributed by atoms with E-state index in [1.54, 1.807) is 0 Å². The number of ketones is 1. The quantitative estimate of drug-likeness (QED) is 0.494. The number of fused-ring (bicyclic) bond motifs is 1. The lowest BCUT2D eigenvalue weighted by Gasteiger charge is -2.54. The first-order valence-electron chi connectivity index (χ1n) is 9.60. The summed E-state index contributed by atoms with van der Waals surface area (Å²) in [5.74, 6) is 0.541. The van der Waals surface area contributed by atoms with E-state index >= 15 is 0 Å². The summed E-state index contributed by atoms with van der Waals surface area (Å²) in [6, 6.07) is 0. The van der Waals surface area contributed by atoms with Crippen LogP contribution in [0.3, 0.4) is 0 Å². The first kappa shape index (κ1) is 19.9. The fraction of sp³-hybridized carbons (Fsp3) is 0.727. The molecule has 0 aliphatic heterocycles. The molecule has 0 saturated heterocycles. The van der Waals surface area contributed by atoms with E-state index in [0.29, 0.717) is 24.7 Å². The number of Topliss-reactive ketones (excluding diaryl/α,β-unsaturated/α-hetero) is 1. The molecule has 1 fully saturated rings. The Morgan fingerprint density at radius 2 is 1.92 bits per heavy atom. The topological polar surface area (TPSA) is 43.4 Å². The number of allylic oxidation sites excluding steroid dienone is 3. The lowest BCUT2D eigenvalue weighted by atomic mass is 9.49. The van der Waals surface area contributed by atoms with Crippen LogP contribution < -0.4 is 0 Å². The van der Waals surface area contributed by atoms with Crippen molar-refractivity contribution >= 4 is 11.8 Å². The van der Waals surface area contributed by atoms with Gasteiger partial charge in [-0.05, 0) is 67.9 Å². The zero-order chi connectivity index (χ0) is 18.8. The molecule has 25 heavy (non-hydrogen) atoms. The number of carbonyl (C=O) groups excluding carboxylic acids is 2. The third kappa shape index (κ3) is 4.24. The number of ether oxygens (including phenoxy) is 1. The molecular formula is C22H34O3. The van der Waals surface area contributed by atoms with Crippen molar-refractivity contribution in [1.82, 2.24) is 0 Å². The Kier molecular flexibility index (Phi) is 5.96. The third-order valence-electron chi connectivity index (χ3n) is 6.67. The standard InChI is InChI=1S/C22H34O3/c1-15(10-13-25-17(3)23)8-9-18-16(2)19(24)14-20-21(4,5)11-7-12-22(18,20)6/h10,20H,7-9,11-14H2,1-6H3/b15-10+/t20-,22+/m0/s1. The predicted octanol–water partition coefficient (Wildman–Crippen LogP) is 5.40. The van der Waals surface area contributed by atoms with Gasteiger partial charge in [0, 0.05) is 13.3 Å². The zero-order valence-corrected chi connectivity index (χ0v) is 16.8. The van der Waals surface area contributed by atoms with Crippen LogP contribution in [0.4, 0.5) is 0 Å². The molecule has 2 aliphatic rings. The highest BCUT2D eigenvalue weighted by Crippen LogP contribution is 2.59. The van der Waals surface area contributed by atoms with Gasteiger partial charge in [-0.1, -0.05) is 38.3 Å². The third-order valence-corrected chi connectivity index (χ3v) is 6.67. The van der Waals surface area contributed by atoms with Crippen LogP contribution in [0.1, 0.15) is 80.1 Å². The maximum atomic E-state index is 12.7. The van der Waals surface area contributed by atoms with E-state index in [-0.39, 0.29) is 16.8 Å². The van der Waals surface area contributed by atoms with E-state index in [1.165, 1.54) is 37.3 Å². The fourth-order valence-electron chi connectivity index (χ4n) is 5.12. The van der Waals surface area contributed by atoms with Crippen LogP contribution >= 0.6 is 0 Å². The summed E-state index contributed by atoms with van der Waals surface area (Å²) in [6.07, 6.45) is 8.19. The van der Waals surface area contributed by atoms with Crippen molar-refractivity contribution in [2.24, 2.45) is 16.7 Å². The van der Waals surface area contributed by atoms with Crippen molar-refractivity contribution < 1.29 is 14.3 Å². The molecule has 0 aromatic heterocycles. The highest BCUT2D eigenvalue weighted by atomic mass is 16.5.